The largest absolute Gasteiger partial charge is 0.378 e. The predicted molar refractivity (Wildman–Crippen MR) is 171 cm³/mol. The van der Waals surface area contributed by atoms with Gasteiger partial charge in [0.25, 0.3) is 0 Å². The number of rotatable bonds is 39. The first kappa shape index (κ1) is 43.4. The van der Waals surface area contributed by atoms with Crippen LogP contribution in [-0.4, -0.2) is 191 Å². The van der Waals surface area contributed by atoms with Gasteiger partial charge in [-0.1, -0.05) is 0 Å². The van der Waals surface area contributed by atoms with Crippen LogP contribution in [0.4, 0.5) is 0 Å². The molecule has 46 heavy (non-hydrogen) atoms. The normalized spacial score (nSPS) is 14.0. The maximum absolute atomic E-state index is 5.79. The molecule has 0 aromatic carbocycles. The summed E-state index contributed by atoms with van der Waals surface area (Å²) in [4.78, 5) is 0. The van der Waals surface area contributed by atoms with E-state index in [-0.39, 0.29) is 0 Å². The van der Waals surface area contributed by atoms with Gasteiger partial charge in [0.2, 0.25) is 0 Å². The summed E-state index contributed by atoms with van der Waals surface area (Å²) in [5.41, 5.74) is 5.33. The number of hydrogen-bond acceptors (Lipinski definition) is 15. The molecule has 1 rings (SSSR count). The van der Waals surface area contributed by atoms with E-state index < -0.39 is 0 Å². The van der Waals surface area contributed by atoms with Crippen molar-refractivity contribution in [3.05, 3.63) is 0 Å². The van der Waals surface area contributed by atoms with Gasteiger partial charge < -0.3 is 72.6 Å². The molecule has 0 saturated carbocycles. The molecule has 1 heterocycles. The molecule has 1 fully saturated rings. The lowest BCUT2D eigenvalue weighted by molar-refractivity contribution is -0.0327. The highest BCUT2D eigenvalue weighted by Gasteiger charge is 2.12. The van der Waals surface area contributed by atoms with Gasteiger partial charge in [-0.15, -0.1) is 0 Å². The van der Waals surface area contributed by atoms with Crippen LogP contribution in [0.15, 0.2) is 0 Å². The summed E-state index contributed by atoms with van der Waals surface area (Å²) >= 11 is 0. The van der Waals surface area contributed by atoms with Crippen LogP contribution in [0, 0.1) is 0 Å². The fourth-order valence-corrected chi connectivity index (χ4v) is 3.84. The van der Waals surface area contributed by atoms with Crippen LogP contribution >= 0.6 is 0 Å². The molecule has 0 aliphatic carbocycles. The summed E-state index contributed by atoms with van der Waals surface area (Å²) in [7, 11) is 0. The second kappa shape index (κ2) is 38.8. The highest BCUT2D eigenvalue weighted by Crippen LogP contribution is 2.06. The van der Waals surface area contributed by atoms with Gasteiger partial charge in [-0.3, -0.25) is 0 Å². The van der Waals surface area contributed by atoms with E-state index in [0.29, 0.717) is 178 Å². The second-order valence-corrected chi connectivity index (χ2v) is 9.96. The van der Waals surface area contributed by atoms with E-state index in [2.05, 4.69) is 5.32 Å². The molecule has 3 N–H and O–H groups in total. The monoisotopic (exact) mass is 672 g/mol. The molecule has 0 aromatic rings. The molecule has 0 aromatic heterocycles. The Kier molecular flexibility index (Phi) is 36.7. The lowest BCUT2D eigenvalue weighted by Gasteiger charge is -2.22. The van der Waals surface area contributed by atoms with E-state index in [1.807, 2.05) is 0 Å². The molecule has 0 bridgehead atoms. The van der Waals surface area contributed by atoms with Gasteiger partial charge in [-0.2, -0.15) is 0 Å². The van der Waals surface area contributed by atoms with Crippen LogP contribution in [0.1, 0.15) is 12.8 Å². The van der Waals surface area contributed by atoms with Crippen molar-refractivity contribution >= 4 is 0 Å². The number of nitrogens with one attached hydrogen (secondary N) is 1. The SMILES string of the molecule is NCCOCCOCCOCCOCCOCCOCCOCCOCCOCCOCCOCCOCCOC1CCNCC1. The Balaban J connectivity index is 1.59. The smallest absolute Gasteiger partial charge is 0.0704 e. The molecule has 15 nitrogen and oxygen atoms in total. The van der Waals surface area contributed by atoms with Crippen LogP contribution < -0.4 is 11.1 Å². The van der Waals surface area contributed by atoms with Crippen LogP contribution in [-0.2, 0) is 61.6 Å². The maximum atomic E-state index is 5.79. The van der Waals surface area contributed by atoms with Crippen LogP contribution in [0.5, 0.6) is 0 Å². The highest BCUT2D eigenvalue weighted by molar-refractivity contribution is 4.67. The molecule has 0 radical (unpaired) electrons. The molecule has 15 heteroatoms. The lowest BCUT2D eigenvalue weighted by atomic mass is 10.1. The molecule has 1 aliphatic heterocycles. The van der Waals surface area contributed by atoms with E-state index in [9.17, 15) is 0 Å². The third kappa shape index (κ3) is 34.7. The Morgan fingerprint density at radius 3 is 0.783 bits per heavy atom. The standard InChI is InChI=1S/C31H64N2O13/c32-3-6-34-7-8-35-9-10-36-11-12-37-13-14-38-15-16-39-17-18-40-19-20-41-21-22-42-23-24-43-25-26-44-27-28-45-29-30-46-31-1-4-33-5-2-31/h31,33H,1-30,32H2. The Morgan fingerprint density at radius 1 is 0.326 bits per heavy atom. The third-order valence-corrected chi connectivity index (χ3v) is 6.22. The zero-order valence-electron chi connectivity index (χ0n) is 28.2. The summed E-state index contributed by atoms with van der Waals surface area (Å²) in [6, 6.07) is 0. The van der Waals surface area contributed by atoms with Gasteiger partial charge in [-0.05, 0) is 25.9 Å². The molecule has 1 saturated heterocycles. The summed E-state index contributed by atoms with van der Waals surface area (Å²) in [6.07, 6.45) is 2.53. The summed E-state index contributed by atoms with van der Waals surface area (Å²) in [5.74, 6) is 0. The van der Waals surface area contributed by atoms with Gasteiger partial charge in [0.1, 0.15) is 0 Å². The highest BCUT2D eigenvalue weighted by atomic mass is 16.6. The van der Waals surface area contributed by atoms with E-state index in [1.165, 1.54) is 0 Å². The Hall–Kier alpha value is -0.600. The lowest BCUT2D eigenvalue weighted by Crippen LogP contribution is -2.33. The fourth-order valence-electron chi connectivity index (χ4n) is 3.84. The first-order valence-corrected chi connectivity index (χ1v) is 16.9. The minimum absolute atomic E-state index is 0.371. The average molecular weight is 673 g/mol. The first-order chi connectivity index (χ1) is 22.9. The van der Waals surface area contributed by atoms with Crippen molar-refractivity contribution in [2.45, 2.75) is 18.9 Å². The van der Waals surface area contributed by atoms with E-state index in [4.69, 9.17) is 67.3 Å². The van der Waals surface area contributed by atoms with E-state index >= 15 is 0 Å². The summed E-state index contributed by atoms with van der Waals surface area (Å²) in [6.45, 7) is 16.0. The number of nitrogens with two attached hydrogens (primary N) is 1. The van der Waals surface area contributed by atoms with E-state index in [0.717, 1.165) is 25.9 Å². The Labute approximate surface area is 276 Å². The molecule has 0 amide bonds. The predicted octanol–water partition coefficient (Wildman–Crippen LogP) is -0.0871. The minimum Gasteiger partial charge on any atom is -0.378 e. The molecular formula is C31H64N2O13. The van der Waals surface area contributed by atoms with Crippen molar-refractivity contribution in [3.8, 4) is 0 Å². The van der Waals surface area contributed by atoms with Gasteiger partial charge in [-0.25, -0.2) is 0 Å². The van der Waals surface area contributed by atoms with Crippen molar-refractivity contribution in [1.29, 1.82) is 0 Å². The first-order valence-electron chi connectivity index (χ1n) is 16.9. The molecule has 0 spiro atoms. The molecule has 0 unspecified atom stereocenters. The second-order valence-electron chi connectivity index (χ2n) is 9.96. The minimum atomic E-state index is 0.371. The van der Waals surface area contributed by atoms with Crippen LogP contribution in [0.3, 0.4) is 0 Å². The molecular weight excluding hydrogens is 608 g/mol. The topological polar surface area (TPSA) is 158 Å². The van der Waals surface area contributed by atoms with E-state index in [1.54, 1.807) is 0 Å². The molecule has 1 aliphatic rings. The fraction of sp³-hybridized carbons (Fsp3) is 1.00. The Bertz CT molecular complexity index is 567. The number of piperidine rings is 1. The summed E-state index contributed by atoms with van der Waals surface area (Å²) in [5, 5.41) is 3.33. The van der Waals surface area contributed by atoms with Crippen LogP contribution in [0.25, 0.3) is 0 Å². The van der Waals surface area contributed by atoms with Gasteiger partial charge in [0.05, 0.1) is 171 Å². The zero-order valence-corrected chi connectivity index (χ0v) is 28.2. The third-order valence-electron chi connectivity index (χ3n) is 6.22. The van der Waals surface area contributed by atoms with Crippen molar-refractivity contribution in [2.75, 3.05) is 185 Å². The Morgan fingerprint density at radius 2 is 0.543 bits per heavy atom. The van der Waals surface area contributed by atoms with Crippen molar-refractivity contribution in [1.82, 2.24) is 5.32 Å². The van der Waals surface area contributed by atoms with Crippen molar-refractivity contribution < 1.29 is 61.6 Å². The summed E-state index contributed by atoms with van der Waals surface area (Å²) < 4.78 is 71.2. The van der Waals surface area contributed by atoms with Crippen molar-refractivity contribution in [2.24, 2.45) is 5.73 Å². The molecule has 0 atom stereocenters. The average Bonchev–Trinajstić information content (AvgIpc) is 3.08. The zero-order chi connectivity index (χ0) is 32.7. The van der Waals surface area contributed by atoms with Gasteiger partial charge >= 0.3 is 0 Å². The molecule has 276 valence electrons. The number of hydrogen-bond donors (Lipinski definition) is 2. The van der Waals surface area contributed by atoms with Crippen LogP contribution in [0.2, 0.25) is 0 Å². The van der Waals surface area contributed by atoms with Gasteiger partial charge in [0, 0.05) is 6.54 Å². The maximum Gasteiger partial charge on any atom is 0.0704 e. The van der Waals surface area contributed by atoms with Gasteiger partial charge in [0.15, 0.2) is 0 Å². The quantitative estimate of drug-likeness (QED) is 0.0835. The number of ether oxygens (including phenoxy) is 13. The van der Waals surface area contributed by atoms with Crippen molar-refractivity contribution in [3.63, 3.8) is 0 Å².